The van der Waals surface area contributed by atoms with Gasteiger partial charge < -0.3 is 14.5 Å². The van der Waals surface area contributed by atoms with Crippen LogP contribution in [0, 0.1) is 44.1 Å². The summed E-state index contributed by atoms with van der Waals surface area (Å²) in [7, 11) is 0. The number of furan rings is 1. The number of aliphatic hydroxyl groups excluding tert-OH is 1. The summed E-state index contributed by atoms with van der Waals surface area (Å²) in [5.41, 5.74) is 5.33. The van der Waals surface area contributed by atoms with Gasteiger partial charge in [-0.1, -0.05) is 77.6 Å². The van der Waals surface area contributed by atoms with Crippen LogP contribution in [0.3, 0.4) is 0 Å². The van der Waals surface area contributed by atoms with Crippen LogP contribution >= 0.6 is 11.3 Å². The Balaban J connectivity index is 0.000000335. The number of fused-ring (bicyclic) bond motifs is 6. The van der Waals surface area contributed by atoms with Crippen LogP contribution in [0.2, 0.25) is 0 Å². The predicted octanol–water partition coefficient (Wildman–Crippen LogP) is 13.7. The molecule has 0 saturated heterocycles. The van der Waals surface area contributed by atoms with Crippen LogP contribution < -0.4 is 0 Å². The summed E-state index contributed by atoms with van der Waals surface area (Å²) in [6.45, 7) is 16.7. The van der Waals surface area contributed by atoms with E-state index >= 15 is 0 Å². The molecular weight excluding hydrogens is 872 g/mol. The molecule has 3 aromatic carbocycles. The number of nitrogens with zero attached hydrogens (tertiary/aromatic N) is 1. The van der Waals surface area contributed by atoms with Crippen molar-refractivity contribution in [3.63, 3.8) is 0 Å². The number of halogens is 3. The van der Waals surface area contributed by atoms with Gasteiger partial charge in [0.05, 0.1) is 16.8 Å². The number of hydrogen-bond acceptors (Lipinski definition) is 5. The number of rotatable bonds is 10. The first-order valence-electron chi connectivity index (χ1n) is 18.2. The molecule has 0 aliphatic heterocycles. The minimum atomic E-state index is -4.27. The van der Waals surface area contributed by atoms with Crippen molar-refractivity contribution >= 4 is 59.2 Å². The quantitative estimate of drug-likeness (QED) is 0.0845. The number of aryl methyl sites for hydroxylation is 3. The molecule has 53 heavy (non-hydrogen) atoms. The first-order chi connectivity index (χ1) is 24.5. The molecule has 0 amide bonds. The predicted molar refractivity (Wildman–Crippen MR) is 210 cm³/mol. The third-order valence-corrected chi connectivity index (χ3v) is 11.4. The van der Waals surface area contributed by atoms with Crippen molar-refractivity contribution in [2.75, 3.05) is 0 Å². The summed E-state index contributed by atoms with van der Waals surface area (Å²) in [5, 5.41) is 13.9. The monoisotopic (exact) mass is 921 g/mol. The van der Waals surface area contributed by atoms with Gasteiger partial charge >= 0.3 is 6.18 Å². The van der Waals surface area contributed by atoms with Crippen molar-refractivity contribution in [3.05, 3.63) is 88.8 Å². The molecule has 9 heteroatoms. The van der Waals surface area contributed by atoms with Crippen LogP contribution in [-0.2, 0) is 31.3 Å². The van der Waals surface area contributed by atoms with E-state index in [1.165, 1.54) is 19.9 Å². The molecule has 0 aliphatic carbocycles. The van der Waals surface area contributed by atoms with E-state index in [2.05, 4.69) is 38.1 Å². The van der Waals surface area contributed by atoms with E-state index in [-0.39, 0.29) is 49.9 Å². The number of alkyl halides is 3. The van der Waals surface area contributed by atoms with Crippen LogP contribution in [0.15, 0.2) is 64.9 Å². The first kappa shape index (κ1) is 42.2. The molecular formula is C44H49F3IrNO3S-. The standard InChI is InChI=1S/C31H25F3NOS.C13H24O2.Ir/c1-16-10-18(3)26-22-11-17(2)12-23(28(22)36-24(26)13-16)27-29-21(8-9-35-27)20-7-6-19(14-25(20)37-29)15-30(4,5)31(32,33)34;1-5-10(6-2)12(14)9-13(15)11(7-3)8-4;/h6-11,13-14H,15H2,1-5H3;9-11,14H,5-8H2,1-4H3;/q-1;;/b;12-9-;. The van der Waals surface area contributed by atoms with Crippen LogP contribution in [0.5, 0.6) is 0 Å². The third kappa shape index (κ3) is 8.74. The minimum absolute atomic E-state index is 0. The van der Waals surface area contributed by atoms with E-state index in [4.69, 9.17) is 9.40 Å². The number of thiophene rings is 1. The van der Waals surface area contributed by atoms with Gasteiger partial charge in [0, 0.05) is 64.7 Å². The molecule has 1 radical (unpaired) electrons. The van der Waals surface area contributed by atoms with Crippen LogP contribution in [-0.4, -0.2) is 22.1 Å². The van der Waals surface area contributed by atoms with Crippen molar-refractivity contribution in [2.24, 2.45) is 17.3 Å². The minimum Gasteiger partial charge on any atom is -0.512 e. The van der Waals surface area contributed by atoms with Crippen molar-refractivity contribution in [1.82, 2.24) is 4.98 Å². The van der Waals surface area contributed by atoms with Gasteiger partial charge in [0.1, 0.15) is 5.58 Å². The van der Waals surface area contributed by atoms with Gasteiger partial charge in [-0.05, 0) is 91.6 Å². The molecule has 0 aliphatic rings. The molecule has 6 aromatic rings. The van der Waals surface area contributed by atoms with E-state index in [0.717, 1.165) is 95.7 Å². The molecule has 0 fully saturated rings. The Morgan fingerprint density at radius 1 is 0.925 bits per heavy atom. The number of pyridine rings is 1. The molecule has 3 aromatic heterocycles. The Kier molecular flexibility index (Phi) is 13.4. The molecule has 0 unspecified atom stereocenters. The van der Waals surface area contributed by atoms with Gasteiger partial charge in [-0.2, -0.15) is 13.2 Å². The second-order valence-electron chi connectivity index (χ2n) is 14.7. The number of carbonyl (C=O) groups is 1. The number of aliphatic hydroxyl groups is 1. The molecule has 6 rings (SSSR count). The molecule has 4 nitrogen and oxygen atoms in total. The van der Waals surface area contributed by atoms with Crippen molar-refractivity contribution in [1.29, 1.82) is 0 Å². The Morgan fingerprint density at radius 2 is 1.58 bits per heavy atom. The summed E-state index contributed by atoms with van der Waals surface area (Å²) in [6.07, 6.45) is 2.35. The summed E-state index contributed by atoms with van der Waals surface area (Å²) < 4.78 is 48.8. The number of allylic oxidation sites excluding steroid dienone is 2. The first-order valence-corrected chi connectivity index (χ1v) is 19.0. The molecule has 0 atom stereocenters. The fourth-order valence-electron chi connectivity index (χ4n) is 7.05. The molecule has 0 spiro atoms. The molecule has 3 heterocycles. The van der Waals surface area contributed by atoms with Gasteiger partial charge in [-0.3, -0.25) is 4.79 Å². The fraction of sp³-hybridized carbons (Fsp3) is 0.409. The average Bonchev–Trinajstić information content (AvgIpc) is 3.63. The SMILES string of the molecule is CCC(CC)C(=O)/C=C(\O)C(CC)CC.Cc1[c-]c(-c2nccc3c2sc2cc(CC(C)(C)C(F)(F)F)ccc23)c2oc3cc(C)cc(C)c3c2c1.[Ir]. The second-order valence-corrected chi connectivity index (χ2v) is 15.7. The Bertz CT molecular complexity index is 2270. The summed E-state index contributed by atoms with van der Waals surface area (Å²) in [5.74, 6) is 0.547. The van der Waals surface area contributed by atoms with E-state index < -0.39 is 11.6 Å². The maximum Gasteiger partial charge on any atom is 0.394 e. The Morgan fingerprint density at radius 3 is 2.21 bits per heavy atom. The number of benzene rings is 3. The van der Waals surface area contributed by atoms with E-state index in [1.807, 2.05) is 58.9 Å². The zero-order valence-corrected chi connectivity index (χ0v) is 35.2. The average molecular weight is 921 g/mol. The summed E-state index contributed by atoms with van der Waals surface area (Å²) >= 11 is 1.55. The van der Waals surface area contributed by atoms with E-state index in [0.29, 0.717) is 5.56 Å². The normalized spacial score (nSPS) is 12.6. The van der Waals surface area contributed by atoms with Crippen LogP contribution in [0.1, 0.15) is 89.5 Å². The Labute approximate surface area is 328 Å². The van der Waals surface area contributed by atoms with Crippen molar-refractivity contribution in [3.8, 4) is 11.3 Å². The smallest absolute Gasteiger partial charge is 0.394 e. The maximum atomic E-state index is 13.5. The number of ketones is 1. The van der Waals surface area contributed by atoms with Gasteiger partial charge in [-0.25, -0.2) is 0 Å². The summed E-state index contributed by atoms with van der Waals surface area (Å²) in [6, 6.07) is 17.4. The van der Waals surface area contributed by atoms with Gasteiger partial charge in [0.2, 0.25) is 0 Å². The number of carbonyl (C=O) groups excluding carboxylic acids is 1. The van der Waals surface area contributed by atoms with Gasteiger partial charge in [-0.15, -0.1) is 29.0 Å². The number of hydrogen-bond donors (Lipinski definition) is 1. The topological polar surface area (TPSA) is 63.3 Å². The Hall–Kier alpha value is -3.52. The molecule has 285 valence electrons. The van der Waals surface area contributed by atoms with Crippen molar-refractivity contribution < 1.29 is 47.6 Å². The second kappa shape index (κ2) is 16.9. The van der Waals surface area contributed by atoms with E-state index in [1.54, 1.807) is 17.5 Å². The van der Waals surface area contributed by atoms with Crippen molar-refractivity contribution in [2.45, 2.75) is 101 Å². The largest absolute Gasteiger partial charge is 0.512 e. The van der Waals surface area contributed by atoms with Gasteiger partial charge in [0.25, 0.3) is 0 Å². The zero-order valence-electron chi connectivity index (χ0n) is 32.0. The molecule has 0 bridgehead atoms. The zero-order chi connectivity index (χ0) is 38.1. The van der Waals surface area contributed by atoms with Gasteiger partial charge in [0.15, 0.2) is 5.78 Å². The molecule has 1 N–H and O–H groups in total. The molecule has 0 saturated carbocycles. The van der Waals surface area contributed by atoms with Crippen LogP contribution in [0.4, 0.5) is 13.2 Å². The van der Waals surface area contributed by atoms with E-state index in [9.17, 15) is 23.1 Å². The fourth-order valence-corrected chi connectivity index (χ4v) is 8.31. The maximum absolute atomic E-state index is 13.5. The number of aromatic nitrogens is 1. The summed E-state index contributed by atoms with van der Waals surface area (Å²) in [4.78, 5) is 16.5. The third-order valence-electron chi connectivity index (χ3n) is 10.3. The van der Waals surface area contributed by atoms with Crippen LogP contribution in [0.25, 0.3) is 53.4 Å².